The number of likely N-dealkylation sites (tertiary alicyclic amines) is 1. The van der Waals surface area contributed by atoms with Gasteiger partial charge in [-0.3, -0.25) is 4.99 Å². The van der Waals surface area contributed by atoms with Gasteiger partial charge in [-0.2, -0.15) is 0 Å². The number of nitrogens with zero attached hydrogens (tertiary/aromatic N) is 2. The smallest absolute Gasteiger partial charge is 0.191 e. The van der Waals surface area contributed by atoms with Crippen LogP contribution in [0.3, 0.4) is 0 Å². The summed E-state index contributed by atoms with van der Waals surface area (Å²) < 4.78 is 5.18. The lowest BCUT2D eigenvalue weighted by molar-refractivity contribution is 0.232. The Bertz CT molecular complexity index is 481. The Morgan fingerprint density at radius 2 is 1.79 bits per heavy atom. The highest BCUT2D eigenvalue weighted by Crippen LogP contribution is 2.12. The van der Waals surface area contributed by atoms with Gasteiger partial charge in [0.05, 0.1) is 7.11 Å². The second kappa shape index (κ2) is 10.9. The van der Waals surface area contributed by atoms with Gasteiger partial charge in [-0.05, 0) is 56.5 Å². The molecule has 2 rings (SSSR count). The van der Waals surface area contributed by atoms with E-state index in [1.165, 1.54) is 37.9 Å². The molecule has 0 radical (unpaired) electrons. The number of ether oxygens (including phenoxy) is 1. The molecule has 0 bridgehead atoms. The molecule has 1 aliphatic heterocycles. The van der Waals surface area contributed by atoms with Crippen LogP contribution in [-0.2, 0) is 6.42 Å². The molecule has 0 spiro atoms. The molecule has 134 valence electrons. The number of guanidine groups is 1. The lowest BCUT2D eigenvalue weighted by Gasteiger charge is -2.26. The minimum absolute atomic E-state index is 0.904. The summed E-state index contributed by atoms with van der Waals surface area (Å²) in [4.78, 5) is 6.83. The highest BCUT2D eigenvalue weighted by molar-refractivity contribution is 5.79. The van der Waals surface area contributed by atoms with Crippen LogP contribution in [0.2, 0.25) is 0 Å². The largest absolute Gasteiger partial charge is 0.497 e. The van der Waals surface area contributed by atoms with Gasteiger partial charge in [-0.1, -0.05) is 18.6 Å². The van der Waals surface area contributed by atoms with Crippen molar-refractivity contribution in [2.75, 3.05) is 46.9 Å². The van der Waals surface area contributed by atoms with Crippen molar-refractivity contribution in [3.8, 4) is 5.75 Å². The standard InChI is InChI=1S/C19H32N4O/c1-20-19(22-13-16-23-14-4-3-5-15-23)21-12-6-7-17-8-10-18(24-2)11-9-17/h8-11H,3-7,12-16H2,1-2H3,(H2,20,21,22). The van der Waals surface area contributed by atoms with Crippen molar-refractivity contribution >= 4 is 5.96 Å². The van der Waals surface area contributed by atoms with Gasteiger partial charge in [0.25, 0.3) is 0 Å². The van der Waals surface area contributed by atoms with E-state index < -0.39 is 0 Å². The number of rotatable bonds is 8. The molecular weight excluding hydrogens is 300 g/mol. The zero-order valence-electron chi connectivity index (χ0n) is 15.2. The second-order valence-electron chi connectivity index (χ2n) is 6.28. The van der Waals surface area contributed by atoms with Crippen LogP contribution in [0.15, 0.2) is 29.3 Å². The number of methoxy groups -OCH3 is 1. The van der Waals surface area contributed by atoms with Crippen molar-refractivity contribution in [1.29, 1.82) is 0 Å². The zero-order valence-corrected chi connectivity index (χ0v) is 15.2. The number of nitrogens with one attached hydrogen (secondary N) is 2. The van der Waals surface area contributed by atoms with Crippen LogP contribution in [0.4, 0.5) is 0 Å². The normalized spacial score (nSPS) is 16.0. The van der Waals surface area contributed by atoms with Gasteiger partial charge < -0.3 is 20.3 Å². The summed E-state index contributed by atoms with van der Waals surface area (Å²) in [5.41, 5.74) is 1.34. The maximum absolute atomic E-state index is 5.18. The fourth-order valence-corrected chi connectivity index (χ4v) is 3.03. The van der Waals surface area contributed by atoms with Crippen LogP contribution in [0, 0.1) is 0 Å². The first-order valence-corrected chi connectivity index (χ1v) is 9.11. The van der Waals surface area contributed by atoms with Gasteiger partial charge in [-0.25, -0.2) is 0 Å². The Balaban J connectivity index is 1.57. The molecule has 5 nitrogen and oxygen atoms in total. The van der Waals surface area contributed by atoms with Crippen LogP contribution in [0.5, 0.6) is 5.75 Å². The second-order valence-corrected chi connectivity index (χ2v) is 6.28. The third kappa shape index (κ3) is 6.79. The van der Waals surface area contributed by atoms with E-state index in [4.69, 9.17) is 4.74 Å². The van der Waals surface area contributed by atoms with Crippen LogP contribution in [0.1, 0.15) is 31.2 Å². The minimum atomic E-state index is 0.904. The summed E-state index contributed by atoms with van der Waals surface area (Å²) in [6.07, 6.45) is 6.22. The number of aryl methyl sites for hydroxylation is 1. The van der Waals surface area contributed by atoms with Crippen molar-refractivity contribution in [3.63, 3.8) is 0 Å². The highest BCUT2D eigenvalue weighted by atomic mass is 16.5. The molecule has 1 heterocycles. The number of aliphatic imine (C=N–C) groups is 1. The molecule has 1 saturated heterocycles. The average molecular weight is 332 g/mol. The van der Waals surface area contributed by atoms with Crippen molar-refractivity contribution in [3.05, 3.63) is 29.8 Å². The Morgan fingerprint density at radius 3 is 2.46 bits per heavy atom. The van der Waals surface area contributed by atoms with E-state index in [-0.39, 0.29) is 0 Å². The van der Waals surface area contributed by atoms with E-state index >= 15 is 0 Å². The molecule has 0 atom stereocenters. The molecule has 1 aromatic rings. The molecule has 0 aromatic heterocycles. The molecule has 0 unspecified atom stereocenters. The zero-order chi connectivity index (χ0) is 17.0. The van der Waals surface area contributed by atoms with E-state index in [9.17, 15) is 0 Å². The van der Waals surface area contributed by atoms with E-state index in [0.29, 0.717) is 0 Å². The number of hydrogen-bond acceptors (Lipinski definition) is 3. The van der Waals surface area contributed by atoms with Gasteiger partial charge >= 0.3 is 0 Å². The van der Waals surface area contributed by atoms with Crippen LogP contribution in [-0.4, -0.2) is 57.7 Å². The van der Waals surface area contributed by atoms with E-state index in [1.807, 2.05) is 19.2 Å². The first kappa shape index (κ1) is 18.6. The predicted octanol–water partition coefficient (Wildman–Crippen LogP) is 2.28. The Kier molecular flexibility index (Phi) is 8.46. The maximum atomic E-state index is 5.18. The average Bonchev–Trinajstić information content (AvgIpc) is 2.65. The summed E-state index contributed by atoms with van der Waals surface area (Å²) in [7, 11) is 3.53. The first-order valence-electron chi connectivity index (χ1n) is 9.11. The van der Waals surface area contributed by atoms with Gasteiger partial charge in [-0.15, -0.1) is 0 Å². The molecule has 1 fully saturated rings. The molecule has 1 aliphatic rings. The van der Waals surface area contributed by atoms with Crippen molar-refractivity contribution in [1.82, 2.24) is 15.5 Å². The summed E-state index contributed by atoms with van der Waals surface area (Å²) in [5, 5.41) is 6.81. The van der Waals surface area contributed by atoms with E-state index in [0.717, 1.165) is 44.2 Å². The number of hydrogen-bond donors (Lipinski definition) is 2. The summed E-state index contributed by atoms with van der Waals surface area (Å²) in [5.74, 6) is 1.82. The third-order valence-corrected chi connectivity index (χ3v) is 4.49. The quantitative estimate of drug-likeness (QED) is 0.436. The fraction of sp³-hybridized carbons (Fsp3) is 0.632. The number of benzene rings is 1. The van der Waals surface area contributed by atoms with E-state index in [2.05, 4.69) is 32.7 Å². The number of piperidine rings is 1. The molecular formula is C19H32N4O. The molecule has 24 heavy (non-hydrogen) atoms. The molecule has 1 aromatic carbocycles. The lowest BCUT2D eigenvalue weighted by atomic mass is 10.1. The van der Waals surface area contributed by atoms with Crippen LogP contribution in [0.25, 0.3) is 0 Å². The highest BCUT2D eigenvalue weighted by Gasteiger charge is 2.09. The van der Waals surface area contributed by atoms with Gasteiger partial charge in [0.2, 0.25) is 0 Å². The first-order chi connectivity index (χ1) is 11.8. The maximum Gasteiger partial charge on any atom is 0.191 e. The molecule has 0 amide bonds. The van der Waals surface area contributed by atoms with Gasteiger partial charge in [0, 0.05) is 26.7 Å². The topological polar surface area (TPSA) is 48.9 Å². The van der Waals surface area contributed by atoms with Gasteiger partial charge in [0.1, 0.15) is 5.75 Å². The monoisotopic (exact) mass is 332 g/mol. The Labute approximate surface area is 146 Å². The van der Waals surface area contributed by atoms with Crippen molar-refractivity contribution in [2.45, 2.75) is 32.1 Å². The van der Waals surface area contributed by atoms with Crippen molar-refractivity contribution < 1.29 is 4.74 Å². The molecule has 2 N–H and O–H groups in total. The SMILES string of the molecule is CN=C(NCCCc1ccc(OC)cc1)NCCN1CCCCC1. The third-order valence-electron chi connectivity index (χ3n) is 4.49. The predicted molar refractivity (Wildman–Crippen MR) is 101 cm³/mol. The summed E-state index contributed by atoms with van der Waals surface area (Å²) >= 11 is 0. The summed E-state index contributed by atoms with van der Waals surface area (Å²) in [6.45, 7) is 5.48. The summed E-state index contributed by atoms with van der Waals surface area (Å²) in [6, 6.07) is 8.29. The lowest BCUT2D eigenvalue weighted by Crippen LogP contribution is -2.42. The Morgan fingerprint density at radius 1 is 1.08 bits per heavy atom. The van der Waals surface area contributed by atoms with Crippen molar-refractivity contribution in [2.24, 2.45) is 4.99 Å². The molecule has 0 aliphatic carbocycles. The molecule has 5 heteroatoms. The van der Waals surface area contributed by atoms with Gasteiger partial charge in [0.15, 0.2) is 5.96 Å². The van der Waals surface area contributed by atoms with E-state index in [1.54, 1.807) is 7.11 Å². The fourth-order valence-electron chi connectivity index (χ4n) is 3.03. The molecule has 0 saturated carbocycles. The van der Waals surface area contributed by atoms with Crippen LogP contribution < -0.4 is 15.4 Å². The minimum Gasteiger partial charge on any atom is -0.497 e. The van der Waals surface area contributed by atoms with Crippen LogP contribution >= 0.6 is 0 Å². The Hall–Kier alpha value is -1.75.